The maximum atomic E-state index is 11.3. The van der Waals surface area contributed by atoms with E-state index < -0.39 is 0 Å². The molecule has 100 valence electrons. The monoisotopic (exact) mass is 256 g/mol. The number of methoxy groups -OCH3 is 1. The molecule has 1 atom stereocenters. The Kier molecular flexibility index (Phi) is 3.41. The van der Waals surface area contributed by atoms with Gasteiger partial charge in [-0.3, -0.25) is 4.79 Å². The van der Waals surface area contributed by atoms with E-state index >= 15 is 0 Å². The molecule has 3 rings (SSSR count). The summed E-state index contributed by atoms with van der Waals surface area (Å²) in [5.74, 6) is 2.05. The number of Topliss-reactive ketones (excluding diaryl/α,β-unsaturated/α-hetero) is 1. The molecule has 2 aliphatic carbocycles. The highest BCUT2D eigenvalue weighted by Gasteiger charge is 2.25. The first kappa shape index (κ1) is 12.5. The molecular weight excluding hydrogens is 236 g/mol. The number of rotatable bonds is 2. The Bertz CT molecular complexity index is 528. The Morgan fingerprint density at radius 2 is 2.11 bits per heavy atom. The summed E-state index contributed by atoms with van der Waals surface area (Å²) in [6.07, 6.45) is 7.93. The average Bonchev–Trinajstić information content (AvgIpc) is 2.47. The van der Waals surface area contributed by atoms with Crippen LogP contribution >= 0.6 is 0 Å². The van der Waals surface area contributed by atoms with Crippen molar-refractivity contribution in [3.8, 4) is 5.75 Å². The lowest BCUT2D eigenvalue weighted by molar-refractivity contribution is -0.118. The molecular formula is C17H20O2. The van der Waals surface area contributed by atoms with Crippen molar-refractivity contribution in [2.45, 2.75) is 38.5 Å². The average molecular weight is 256 g/mol. The van der Waals surface area contributed by atoms with Crippen LogP contribution in [-0.4, -0.2) is 12.9 Å². The Morgan fingerprint density at radius 3 is 2.84 bits per heavy atom. The first-order chi connectivity index (χ1) is 9.28. The van der Waals surface area contributed by atoms with Gasteiger partial charge in [-0.15, -0.1) is 0 Å². The Hall–Kier alpha value is -1.57. The summed E-state index contributed by atoms with van der Waals surface area (Å²) in [7, 11) is 1.75. The van der Waals surface area contributed by atoms with Crippen LogP contribution in [0.4, 0.5) is 0 Å². The minimum atomic E-state index is 0.390. The van der Waals surface area contributed by atoms with Crippen LogP contribution in [-0.2, 0) is 17.6 Å². The number of allylic oxidation sites excluding steroid dienone is 2. The van der Waals surface area contributed by atoms with Crippen LogP contribution < -0.4 is 4.74 Å². The van der Waals surface area contributed by atoms with Crippen LogP contribution in [0.25, 0.3) is 0 Å². The summed E-state index contributed by atoms with van der Waals surface area (Å²) in [5.41, 5.74) is 4.32. The number of hydrogen-bond acceptors (Lipinski definition) is 2. The molecule has 2 nitrogen and oxygen atoms in total. The predicted molar refractivity (Wildman–Crippen MR) is 75.5 cm³/mol. The van der Waals surface area contributed by atoms with E-state index in [0.29, 0.717) is 18.1 Å². The van der Waals surface area contributed by atoms with Crippen molar-refractivity contribution in [1.29, 1.82) is 0 Å². The lowest BCUT2D eigenvalue weighted by Gasteiger charge is -2.29. The minimum Gasteiger partial charge on any atom is -0.496 e. The van der Waals surface area contributed by atoms with E-state index in [1.807, 2.05) is 0 Å². The lowest BCUT2D eigenvalue weighted by Crippen LogP contribution is -2.19. The molecule has 2 aliphatic rings. The van der Waals surface area contributed by atoms with Gasteiger partial charge in [0.1, 0.15) is 11.5 Å². The van der Waals surface area contributed by atoms with E-state index in [0.717, 1.165) is 31.4 Å². The second-order valence-corrected chi connectivity index (χ2v) is 5.56. The molecule has 0 aliphatic heterocycles. The molecule has 0 amide bonds. The number of fused-ring (bicyclic) bond motifs is 1. The highest BCUT2D eigenvalue weighted by Crippen LogP contribution is 2.37. The number of carbonyl (C=O) groups is 1. The smallest absolute Gasteiger partial charge is 0.136 e. The maximum absolute atomic E-state index is 11.3. The van der Waals surface area contributed by atoms with Crippen LogP contribution in [0.15, 0.2) is 29.8 Å². The van der Waals surface area contributed by atoms with Gasteiger partial charge in [-0.1, -0.05) is 23.8 Å². The predicted octanol–water partition coefficient (Wildman–Crippen LogP) is 3.48. The fourth-order valence-electron chi connectivity index (χ4n) is 3.38. The quantitative estimate of drug-likeness (QED) is 0.757. The van der Waals surface area contributed by atoms with Gasteiger partial charge in [0.05, 0.1) is 7.11 Å². The first-order valence-corrected chi connectivity index (χ1v) is 7.13. The topological polar surface area (TPSA) is 26.3 Å². The number of ether oxygens (including phenoxy) is 1. The Balaban J connectivity index is 1.81. The van der Waals surface area contributed by atoms with Gasteiger partial charge in [0.25, 0.3) is 0 Å². The fraction of sp³-hybridized carbons (Fsp3) is 0.471. The van der Waals surface area contributed by atoms with Gasteiger partial charge in [-0.2, -0.15) is 0 Å². The zero-order valence-electron chi connectivity index (χ0n) is 11.4. The third-order valence-electron chi connectivity index (χ3n) is 4.47. The van der Waals surface area contributed by atoms with Crippen LogP contribution in [0.5, 0.6) is 5.75 Å². The highest BCUT2D eigenvalue weighted by molar-refractivity contribution is 5.81. The van der Waals surface area contributed by atoms with Crippen molar-refractivity contribution in [2.75, 3.05) is 7.11 Å². The zero-order chi connectivity index (χ0) is 13.2. The van der Waals surface area contributed by atoms with E-state index in [1.165, 1.54) is 23.1 Å². The van der Waals surface area contributed by atoms with E-state index in [1.54, 1.807) is 7.11 Å². The summed E-state index contributed by atoms with van der Waals surface area (Å²) in [6.45, 7) is 0. The molecule has 0 fully saturated rings. The molecule has 0 heterocycles. The molecule has 0 N–H and O–H groups in total. The normalized spacial score (nSPS) is 22.7. The summed E-state index contributed by atoms with van der Waals surface area (Å²) >= 11 is 0. The third kappa shape index (κ3) is 2.44. The third-order valence-corrected chi connectivity index (χ3v) is 4.47. The first-order valence-electron chi connectivity index (χ1n) is 7.13. The van der Waals surface area contributed by atoms with Gasteiger partial charge in [-0.25, -0.2) is 0 Å². The van der Waals surface area contributed by atoms with Crippen molar-refractivity contribution < 1.29 is 9.53 Å². The summed E-state index contributed by atoms with van der Waals surface area (Å²) < 4.78 is 5.45. The fourth-order valence-corrected chi connectivity index (χ4v) is 3.38. The summed E-state index contributed by atoms with van der Waals surface area (Å²) in [6, 6.07) is 6.36. The molecule has 0 radical (unpaired) electrons. The molecule has 1 aromatic carbocycles. The molecule has 0 aromatic heterocycles. The van der Waals surface area contributed by atoms with Crippen molar-refractivity contribution in [3.05, 3.63) is 41.0 Å². The van der Waals surface area contributed by atoms with Crippen LogP contribution in [0.2, 0.25) is 0 Å². The van der Waals surface area contributed by atoms with Gasteiger partial charge < -0.3 is 4.74 Å². The molecule has 0 spiro atoms. The minimum absolute atomic E-state index is 0.390. The zero-order valence-corrected chi connectivity index (χ0v) is 11.4. The van der Waals surface area contributed by atoms with E-state index in [-0.39, 0.29) is 0 Å². The second kappa shape index (κ2) is 5.20. The van der Waals surface area contributed by atoms with E-state index in [2.05, 4.69) is 24.3 Å². The molecule has 0 saturated heterocycles. The summed E-state index contributed by atoms with van der Waals surface area (Å²) in [4.78, 5) is 11.3. The van der Waals surface area contributed by atoms with Crippen molar-refractivity contribution >= 4 is 5.78 Å². The van der Waals surface area contributed by atoms with Crippen molar-refractivity contribution in [1.82, 2.24) is 0 Å². The standard InChI is InChI=1S/C17H20O2/c1-19-17-4-2-3-14-11-13(7-10-16(14)17)12-5-8-15(18)9-6-12/h2-5,13H,6-11H2,1H3/t13-/m0/s1. The number of benzene rings is 1. The Morgan fingerprint density at radius 1 is 1.21 bits per heavy atom. The van der Waals surface area contributed by atoms with Crippen molar-refractivity contribution in [3.63, 3.8) is 0 Å². The molecule has 1 aromatic rings. The molecule has 2 heteroatoms. The lowest BCUT2D eigenvalue weighted by atomic mass is 9.76. The molecule has 0 saturated carbocycles. The number of carbonyl (C=O) groups excluding carboxylic acids is 1. The van der Waals surface area contributed by atoms with E-state index in [9.17, 15) is 4.79 Å². The maximum Gasteiger partial charge on any atom is 0.136 e. The largest absolute Gasteiger partial charge is 0.496 e. The van der Waals surface area contributed by atoms with Gasteiger partial charge in [0, 0.05) is 12.8 Å². The summed E-state index contributed by atoms with van der Waals surface area (Å²) in [5, 5.41) is 0. The highest BCUT2D eigenvalue weighted by atomic mass is 16.5. The molecule has 19 heavy (non-hydrogen) atoms. The van der Waals surface area contributed by atoms with Gasteiger partial charge >= 0.3 is 0 Å². The second-order valence-electron chi connectivity index (χ2n) is 5.56. The Labute approximate surface area is 114 Å². The van der Waals surface area contributed by atoms with E-state index in [4.69, 9.17) is 4.74 Å². The van der Waals surface area contributed by atoms with Gasteiger partial charge in [0.15, 0.2) is 0 Å². The SMILES string of the molecule is COc1cccc2c1CC[C@H](C1=CCC(=O)CC1)C2. The number of hydrogen-bond donors (Lipinski definition) is 0. The van der Waals surface area contributed by atoms with Crippen molar-refractivity contribution in [2.24, 2.45) is 5.92 Å². The number of ketones is 1. The van der Waals surface area contributed by atoms with Crippen LogP contribution in [0, 0.1) is 5.92 Å². The van der Waals surface area contributed by atoms with Crippen LogP contribution in [0.1, 0.15) is 36.8 Å². The molecule has 0 bridgehead atoms. The molecule has 0 unspecified atom stereocenters. The van der Waals surface area contributed by atoms with Crippen LogP contribution in [0.3, 0.4) is 0 Å². The van der Waals surface area contributed by atoms with Gasteiger partial charge in [0.2, 0.25) is 0 Å². The van der Waals surface area contributed by atoms with Gasteiger partial charge in [-0.05, 0) is 48.8 Å².